The van der Waals surface area contributed by atoms with Gasteiger partial charge >= 0.3 is 0 Å². The molecule has 0 fully saturated rings. The molecule has 0 aliphatic heterocycles. The minimum Gasteiger partial charge on any atom is -0.377 e. The Hall–Kier alpha value is -0.340. The van der Waals surface area contributed by atoms with E-state index >= 15 is 0 Å². The summed E-state index contributed by atoms with van der Waals surface area (Å²) in [5.41, 5.74) is -0.00405. The molecule has 0 aliphatic carbocycles. The number of rotatable bonds is 9. The maximum atomic E-state index is 5.73. The van der Waals surface area contributed by atoms with E-state index in [1.54, 1.807) is 0 Å². The standard InChI is InChI=1S/C13H27NO/c1-6-9-10-11-12(14-4)13(7-2,8-3)15-5/h6,12,14H,1,7-11H2,2-5H3. The third-order valence-electron chi connectivity index (χ3n) is 3.49. The van der Waals surface area contributed by atoms with E-state index in [1.165, 1.54) is 6.42 Å². The molecule has 15 heavy (non-hydrogen) atoms. The highest BCUT2D eigenvalue weighted by molar-refractivity contribution is 4.90. The van der Waals surface area contributed by atoms with Crippen molar-refractivity contribution >= 4 is 0 Å². The molecular weight excluding hydrogens is 186 g/mol. The van der Waals surface area contributed by atoms with Crippen molar-refractivity contribution in [1.82, 2.24) is 5.32 Å². The molecular formula is C13H27NO. The van der Waals surface area contributed by atoms with Crippen molar-refractivity contribution in [3.8, 4) is 0 Å². The molecule has 0 heterocycles. The largest absolute Gasteiger partial charge is 0.377 e. The number of hydrogen-bond acceptors (Lipinski definition) is 2. The van der Waals surface area contributed by atoms with Crippen LogP contribution in [0.5, 0.6) is 0 Å². The van der Waals surface area contributed by atoms with Crippen molar-refractivity contribution in [3.63, 3.8) is 0 Å². The van der Waals surface area contributed by atoms with E-state index in [-0.39, 0.29) is 5.60 Å². The summed E-state index contributed by atoms with van der Waals surface area (Å²) >= 11 is 0. The van der Waals surface area contributed by atoms with Gasteiger partial charge in [-0.05, 0) is 39.2 Å². The zero-order chi connectivity index (χ0) is 11.7. The highest BCUT2D eigenvalue weighted by Gasteiger charge is 2.34. The highest BCUT2D eigenvalue weighted by Crippen LogP contribution is 2.27. The second-order valence-corrected chi connectivity index (χ2v) is 4.04. The molecule has 0 spiro atoms. The van der Waals surface area contributed by atoms with Gasteiger partial charge in [-0.1, -0.05) is 19.9 Å². The third-order valence-corrected chi connectivity index (χ3v) is 3.49. The van der Waals surface area contributed by atoms with Crippen LogP contribution in [0, 0.1) is 0 Å². The van der Waals surface area contributed by atoms with Gasteiger partial charge in [0.1, 0.15) is 0 Å². The lowest BCUT2D eigenvalue weighted by atomic mass is 9.85. The van der Waals surface area contributed by atoms with Gasteiger partial charge in [0, 0.05) is 13.2 Å². The van der Waals surface area contributed by atoms with Gasteiger partial charge in [0.2, 0.25) is 0 Å². The van der Waals surface area contributed by atoms with Crippen LogP contribution in [0.1, 0.15) is 46.0 Å². The zero-order valence-electron chi connectivity index (χ0n) is 10.8. The molecule has 1 atom stereocenters. The molecule has 0 aromatic heterocycles. The van der Waals surface area contributed by atoms with Crippen LogP contribution in [0.15, 0.2) is 12.7 Å². The zero-order valence-corrected chi connectivity index (χ0v) is 10.8. The molecule has 0 rings (SSSR count). The molecule has 0 bridgehead atoms. The number of ether oxygens (including phenoxy) is 1. The van der Waals surface area contributed by atoms with Crippen molar-refractivity contribution in [3.05, 3.63) is 12.7 Å². The van der Waals surface area contributed by atoms with Crippen LogP contribution >= 0.6 is 0 Å². The molecule has 2 heteroatoms. The van der Waals surface area contributed by atoms with Crippen molar-refractivity contribution in [2.75, 3.05) is 14.2 Å². The number of hydrogen-bond donors (Lipinski definition) is 1. The minimum atomic E-state index is -0.00405. The molecule has 0 aromatic carbocycles. The Morgan fingerprint density at radius 1 is 1.40 bits per heavy atom. The SMILES string of the molecule is C=CCCCC(NC)C(CC)(CC)OC. The third kappa shape index (κ3) is 3.96. The monoisotopic (exact) mass is 213 g/mol. The molecule has 0 aliphatic rings. The van der Waals surface area contributed by atoms with E-state index in [0.29, 0.717) is 6.04 Å². The fraction of sp³-hybridized carbons (Fsp3) is 0.846. The predicted octanol–water partition coefficient (Wildman–Crippen LogP) is 3.14. The maximum absolute atomic E-state index is 5.73. The lowest BCUT2D eigenvalue weighted by Crippen LogP contribution is -2.50. The lowest BCUT2D eigenvalue weighted by molar-refractivity contribution is -0.0479. The Balaban J connectivity index is 4.37. The first kappa shape index (κ1) is 14.7. The Kier molecular flexibility index (Phi) is 7.71. The van der Waals surface area contributed by atoms with Crippen molar-refractivity contribution < 1.29 is 4.74 Å². The van der Waals surface area contributed by atoms with E-state index in [2.05, 4.69) is 25.7 Å². The van der Waals surface area contributed by atoms with E-state index in [0.717, 1.165) is 25.7 Å². The van der Waals surface area contributed by atoms with Crippen LogP contribution < -0.4 is 5.32 Å². The first-order valence-corrected chi connectivity index (χ1v) is 6.04. The molecule has 0 radical (unpaired) electrons. The normalized spacial score (nSPS) is 13.9. The quantitative estimate of drug-likeness (QED) is 0.469. The Labute approximate surface area is 95.1 Å². The molecule has 0 saturated carbocycles. The van der Waals surface area contributed by atoms with Crippen LogP contribution in [-0.2, 0) is 4.74 Å². The molecule has 1 unspecified atom stereocenters. The van der Waals surface area contributed by atoms with Gasteiger partial charge in [0.25, 0.3) is 0 Å². The maximum Gasteiger partial charge on any atom is 0.0825 e. The van der Waals surface area contributed by atoms with Gasteiger partial charge < -0.3 is 10.1 Å². The molecule has 0 saturated heterocycles. The fourth-order valence-electron chi connectivity index (χ4n) is 2.31. The second-order valence-electron chi connectivity index (χ2n) is 4.04. The minimum absolute atomic E-state index is 0.00405. The molecule has 0 aromatic rings. The Bertz CT molecular complexity index is 156. The van der Waals surface area contributed by atoms with Gasteiger partial charge in [-0.25, -0.2) is 0 Å². The van der Waals surface area contributed by atoms with Crippen LogP contribution in [-0.4, -0.2) is 25.8 Å². The van der Waals surface area contributed by atoms with Gasteiger partial charge in [-0.15, -0.1) is 6.58 Å². The van der Waals surface area contributed by atoms with Crippen LogP contribution in [0.3, 0.4) is 0 Å². The summed E-state index contributed by atoms with van der Waals surface area (Å²) in [5, 5.41) is 3.40. The fourth-order valence-corrected chi connectivity index (χ4v) is 2.31. The summed E-state index contributed by atoms with van der Waals surface area (Å²) in [7, 11) is 3.85. The van der Waals surface area contributed by atoms with Crippen molar-refractivity contribution in [2.45, 2.75) is 57.6 Å². The summed E-state index contributed by atoms with van der Waals surface area (Å²) < 4.78 is 5.73. The highest BCUT2D eigenvalue weighted by atomic mass is 16.5. The number of methoxy groups -OCH3 is 1. The number of nitrogens with one attached hydrogen (secondary N) is 1. The average Bonchev–Trinajstić information content (AvgIpc) is 2.29. The average molecular weight is 213 g/mol. The van der Waals surface area contributed by atoms with Gasteiger partial charge in [0.05, 0.1) is 5.60 Å². The van der Waals surface area contributed by atoms with E-state index in [4.69, 9.17) is 4.74 Å². The Morgan fingerprint density at radius 2 is 2.00 bits per heavy atom. The van der Waals surface area contributed by atoms with Gasteiger partial charge in [0.15, 0.2) is 0 Å². The summed E-state index contributed by atoms with van der Waals surface area (Å²) in [5.74, 6) is 0. The summed E-state index contributed by atoms with van der Waals surface area (Å²) in [6.07, 6.45) is 7.52. The summed E-state index contributed by atoms with van der Waals surface area (Å²) in [6, 6.07) is 0.442. The van der Waals surface area contributed by atoms with E-state index in [9.17, 15) is 0 Å². The van der Waals surface area contributed by atoms with Crippen LogP contribution in [0.4, 0.5) is 0 Å². The number of likely N-dealkylation sites (N-methyl/N-ethyl adjacent to an activating group) is 1. The first-order chi connectivity index (χ1) is 7.20. The van der Waals surface area contributed by atoms with Crippen LogP contribution in [0.25, 0.3) is 0 Å². The molecule has 2 nitrogen and oxygen atoms in total. The van der Waals surface area contributed by atoms with E-state index < -0.39 is 0 Å². The predicted molar refractivity (Wildman–Crippen MR) is 67.2 cm³/mol. The smallest absolute Gasteiger partial charge is 0.0825 e. The topological polar surface area (TPSA) is 21.3 Å². The number of unbranched alkanes of at least 4 members (excludes halogenated alkanes) is 1. The summed E-state index contributed by atoms with van der Waals surface area (Å²) in [4.78, 5) is 0. The molecule has 0 amide bonds. The van der Waals surface area contributed by atoms with Crippen LogP contribution in [0.2, 0.25) is 0 Å². The van der Waals surface area contributed by atoms with E-state index in [1.807, 2.05) is 20.2 Å². The van der Waals surface area contributed by atoms with Crippen molar-refractivity contribution in [1.29, 1.82) is 0 Å². The molecule has 90 valence electrons. The van der Waals surface area contributed by atoms with Gasteiger partial charge in [-0.2, -0.15) is 0 Å². The number of allylic oxidation sites excluding steroid dienone is 1. The Morgan fingerprint density at radius 3 is 2.33 bits per heavy atom. The molecule has 1 N–H and O–H groups in total. The lowest BCUT2D eigenvalue weighted by Gasteiger charge is -2.38. The second kappa shape index (κ2) is 7.89. The first-order valence-electron chi connectivity index (χ1n) is 6.04. The van der Waals surface area contributed by atoms with Gasteiger partial charge in [-0.3, -0.25) is 0 Å². The van der Waals surface area contributed by atoms with Crippen molar-refractivity contribution in [2.24, 2.45) is 0 Å². The summed E-state index contributed by atoms with van der Waals surface area (Å²) in [6.45, 7) is 8.15.